The highest BCUT2D eigenvalue weighted by Crippen LogP contribution is 2.27. The van der Waals surface area contributed by atoms with Crippen LogP contribution in [0.4, 0.5) is 0 Å². The highest BCUT2D eigenvalue weighted by atomic mass is 32.2. The molecule has 2 saturated heterocycles. The Morgan fingerprint density at radius 3 is 2.38 bits per heavy atom. The second-order valence-corrected chi connectivity index (χ2v) is 9.70. The van der Waals surface area contributed by atoms with Gasteiger partial charge in [-0.05, 0) is 75.3 Å². The first-order valence-electron chi connectivity index (χ1n) is 9.94. The van der Waals surface area contributed by atoms with E-state index in [1.165, 1.54) is 25.9 Å². The van der Waals surface area contributed by atoms with Crippen LogP contribution in [0.5, 0.6) is 5.75 Å². The summed E-state index contributed by atoms with van der Waals surface area (Å²) >= 11 is 0. The van der Waals surface area contributed by atoms with Gasteiger partial charge in [-0.15, -0.1) is 0 Å². The standard InChI is InChI=1S/C20H32N2O3S/c1-3-25-19-6-8-20(9-7-19)26(23,24)22-13-10-18(11-14-22)16-21-12-4-5-17(2)15-21/h6-9,17-18H,3-5,10-16H2,1-2H3/t17-/m0/s1. The van der Waals surface area contributed by atoms with Crippen LogP contribution in [0, 0.1) is 11.8 Å². The summed E-state index contributed by atoms with van der Waals surface area (Å²) in [5.41, 5.74) is 0. The van der Waals surface area contributed by atoms with E-state index in [0.717, 1.165) is 25.3 Å². The van der Waals surface area contributed by atoms with Gasteiger partial charge in [-0.2, -0.15) is 4.31 Å². The van der Waals surface area contributed by atoms with Crippen LogP contribution in [0.3, 0.4) is 0 Å². The van der Waals surface area contributed by atoms with Crippen molar-refractivity contribution in [3.8, 4) is 5.75 Å². The van der Waals surface area contributed by atoms with E-state index in [1.54, 1.807) is 28.6 Å². The van der Waals surface area contributed by atoms with Gasteiger partial charge in [0.1, 0.15) is 5.75 Å². The zero-order chi connectivity index (χ0) is 18.6. The van der Waals surface area contributed by atoms with E-state index < -0.39 is 10.0 Å². The smallest absolute Gasteiger partial charge is 0.243 e. The van der Waals surface area contributed by atoms with Gasteiger partial charge in [-0.3, -0.25) is 0 Å². The van der Waals surface area contributed by atoms with Crippen molar-refractivity contribution >= 4 is 10.0 Å². The van der Waals surface area contributed by atoms with Gasteiger partial charge in [0.2, 0.25) is 10.0 Å². The van der Waals surface area contributed by atoms with Gasteiger partial charge in [0.15, 0.2) is 0 Å². The van der Waals surface area contributed by atoms with Gasteiger partial charge < -0.3 is 9.64 Å². The number of hydrogen-bond acceptors (Lipinski definition) is 4. The van der Waals surface area contributed by atoms with Crippen LogP contribution in [0.2, 0.25) is 0 Å². The molecule has 0 unspecified atom stereocenters. The summed E-state index contributed by atoms with van der Waals surface area (Å²) in [7, 11) is -3.39. The molecule has 5 nitrogen and oxygen atoms in total. The maximum Gasteiger partial charge on any atom is 0.243 e. The monoisotopic (exact) mass is 380 g/mol. The fourth-order valence-electron chi connectivity index (χ4n) is 4.17. The molecule has 0 aliphatic carbocycles. The number of hydrogen-bond donors (Lipinski definition) is 0. The fraction of sp³-hybridized carbons (Fsp3) is 0.700. The Morgan fingerprint density at radius 1 is 1.08 bits per heavy atom. The van der Waals surface area contributed by atoms with E-state index in [-0.39, 0.29) is 0 Å². The van der Waals surface area contributed by atoms with Gasteiger partial charge >= 0.3 is 0 Å². The summed E-state index contributed by atoms with van der Waals surface area (Å²) in [5, 5.41) is 0. The molecule has 2 aliphatic heterocycles. The molecule has 0 saturated carbocycles. The Labute approximate surface area is 158 Å². The third-order valence-corrected chi connectivity index (χ3v) is 7.52. The molecule has 0 spiro atoms. The summed E-state index contributed by atoms with van der Waals surface area (Å²) in [6.45, 7) is 9.61. The van der Waals surface area contributed by atoms with Crippen molar-refractivity contribution in [2.24, 2.45) is 11.8 Å². The highest BCUT2D eigenvalue weighted by molar-refractivity contribution is 7.89. The van der Waals surface area contributed by atoms with E-state index in [2.05, 4.69) is 11.8 Å². The second kappa shape index (κ2) is 8.72. The summed E-state index contributed by atoms with van der Waals surface area (Å²) < 4.78 is 32.8. The summed E-state index contributed by atoms with van der Waals surface area (Å²) in [6, 6.07) is 6.78. The molecule has 0 amide bonds. The normalized spacial score (nSPS) is 23.8. The molecule has 2 heterocycles. The van der Waals surface area contributed by atoms with Crippen molar-refractivity contribution in [1.82, 2.24) is 9.21 Å². The first-order chi connectivity index (χ1) is 12.5. The lowest BCUT2D eigenvalue weighted by Gasteiger charge is -2.37. The minimum atomic E-state index is -3.39. The van der Waals surface area contributed by atoms with Crippen molar-refractivity contribution in [2.75, 3.05) is 39.3 Å². The van der Waals surface area contributed by atoms with E-state index in [0.29, 0.717) is 36.3 Å². The SMILES string of the molecule is CCOc1ccc(S(=O)(=O)N2CCC(CN3CCC[C@H](C)C3)CC2)cc1. The highest BCUT2D eigenvalue weighted by Gasteiger charge is 2.30. The first kappa shape index (κ1) is 19.6. The number of rotatable bonds is 6. The predicted molar refractivity (Wildman–Crippen MR) is 104 cm³/mol. The Balaban J connectivity index is 1.54. The van der Waals surface area contributed by atoms with Crippen molar-refractivity contribution in [3.63, 3.8) is 0 Å². The average molecular weight is 381 g/mol. The summed E-state index contributed by atoms with van der Waals surface area (Å²) in [5.74, 6) is 2.12. The molecule has 0 aromatic heterocycles. The second-order valence-electron chi connectivity index (χ2n) is 7.76. The van der Waals surface area contributed by atoms with Crippen LogP contribution >= 0.6 is 0 Å². The van der Waals surface area contributed by atoms with E-state index in [9.17, 15) is 8.42 Å². The third kappa shape index (κ3) is 4.78. The minimum Gasteiger partial charge on any atom is -0.494 e. The first-order valence-corrected chi connectivity index (χ1v) is 11.4. The van der Waals surface area contributed by atoms with Crippen molar-refractivity contribution in [3.05, 3.63) is 24.3 Å². The number of nitrogens with zero attached hydrogens (tertiary/aromatic N) is 2. The molecule has 0 bridgehead atoms. The molecule has 0 radical (unpaired) electrons. The lowest BCUT2D eigenvalue weighted by atomic mass is 9.94. The fourth-order valence-corrected chi connectivity index (χ4v) is 5.64. The number of benzene rings is 1. The quantitative estimate of drug-likeness (QED) is 0.760. The molecule has 1 atom stereocenters. The molecule has 1 aromatic carbocycles. The maximum absolute atomic E-state index is 12.9. The number of likely N-dealkylation sites (tertiary alicyclic amines) is 1. The number of piperidine rings is 2. The lowest BCUT2D eigenvalue weighted by Crippen LogP contribution is -2.43. The molecule has 6 heteroatoms. The number of sulfonamides is 1. The molecular weight excluding hydrogens is 348 g/mol. The van der Waals surface area contributed by atoms with E-state index in [4.69, 9.17) is 4.74 Å². The summed E-state index contributed by atoms with van der Waals surface area (Å²) in [4.78, 5) is 2.94. The molecule has 26 heavy (non-hydrogen) atoms. The van der Waals surface area contributed by atoms with E-state index >= 15 is 0 Å². The average Bonchev–Trinajstić information content (AvgIpc) is 2.63. The molecular formula is C20H32N2O3S. The van der Waals surface area contributed by atoms with Crippen LogP contribution in [0.25, 0.3) is 0 Å². The minimum absolute atomic E-state index is 0.365. The number of ether oxygens (including phenoxy) is 1. The molecule has 146 valence electrons. The molecule has 1 aromatic rings. The van der Waals surface area contributed by atoms with Gasteiger partial charge in [0, 0.05) is 26.2 Å². The van der Waals surface area contributed by atoms with Crippen LogP contribution < -0.4 is 4.74 Å². The zero-order valence-corrected chi connectivity index (χ0v) is 16.9. The summed E-state index contributed by atoms with van der Waals surface area (Å²) in [6.07, 6.45) is 4.56. The van der Waals surface area contributed by atoms with Gasteiger partial charge in [-0.25, -0.2) is 8.42 Å². The van der Waals surface area contributed by atoms with Crippen LogP contribution in [0.15, 0.2) is 29.2 Å². The van der Waals surface area contributed by atoms with Crippen molar-refractivity contribution < 1.29 is 13.2 Å². The van der Waals surface area contributed by atoms with Gasteiger partial charge in [-0.1, -0.05) is 6.92 Å². The van der Waals surface area contributed by atoms with Crippen molar-refractivity contribution in [1.29, 1.82) is 0 Å². The molecule has 3 rings (SSSR count). The maximum atomic E-state index is 12.9. The topological polar surface area (TPSA) is 49.9 Å². The Hall–Kier alpha value is -1.11. The zero-order valence-electron chi connectivity index (χ0n) is 16.1. The van der Waals surface area contributed by atoms with Crippen LogP contribution in [-0.4, -0.2) is 57.0 Å². The molecule has 2 aliphatic rings. The van der Waals surface area contributed by atoms with E-state index in [1.807, 2.05) is 6.92 Å². The molecule has 2 fully saturated rings. The lowest BCUT2D eigenvalue weighted by molar-refractivity contribution is 0.136. The third-order valence-electron chi connectivity index (χ3n) is 5.60. The molecule has 0 N–H and O–H groups in total. The van der Waals surface area contributed by atoms with Crippen LogP contribution in [0.1, 0.15) is 39.5 Å². The Kier molecular flexibility index (Phi) is 6.59. The van der Waals surface area contributed by atoms with Gasteiger partial charge in [0.25, 0.3) is 0 Å². The Morgan fingerprint density at radius 2 is 1.77 bits per heavy atom. The predicted octanol–water partition coefficient (Wildman–Crippen LogP) is 3.22. The van der Waals surface area contributed by atoms with Gasteiger partial charge in [0.05, 0.1) is 11.5 Å². The van der Waals surface area contributed by atoms with Crippen LogP contribution in [-0.2, 0) is 10.0 Å². The largest absolute Gasteiger partial charge is 0.494 e. The Bertz CT molecular complexity index is 667. The van der Waals surface area contributed by atoms with Crippen molar-refractivity contribution in [2.45, 2.75) is 44.4 Å².